The van der Waals surface area contributed by atoms with E-state index in [0.717, 1.165) is 34.9 Å². The van der Waals surface area contributed by atoms with Gasteiger partial charge in [-0.25, -0.2) is 29.9 Å². The van der Waals surface area contributed by atoms with E-state index in [-0.39, 0.29) is 0 Å². The van der Waals surface area contributed by atoms with Crippen molar-refractivity contribution < 1.29 is 0 Å². The van der Waals surface area contributed by atoms with Crippen LogP contribution < -0.4 is 0 Å². The molecule has 0 N–H and O–H groups in total. The average Bonchev–Trinajstić information content (AvgIpc) is 2.12. The Labute approximate surface area is 107 Å². The van der Waals surface area contributed by atoms with Gasteiger partial charge in [-0.05, 0) is 41.5 Å². The van der Waals surface area contributed by atoms with E-state index < -0.39 is 0 Å². The van der Waals surface area contributed by atoms with Gasteiger partial charge in [-0.1, -0.05) is 0 Å². The van der Waals surface area contributed by atoms with Crippen molar-refractivity contribution in [2.75, 3.05) is 0 Å². The molecular weight excluding hydrogens is 228 g/mol. The molecule has 0 unspecified atom stereocenters. The van der Waals surface area contributed by atoms with Crippen LogP contribution in [0.25, 0.3) is 0 Å². The van der Waals surface area contributed by atoms with E-state index >= 15 is 0 Å². The highest BCUT2D eigenvalue weighted by molar-refractivity contribution is 4.92. The normalized spacial score (nSPS) is 9.67. The quantitative estimate of drug-likeness (QED) is 0.702. The molecule has 0 spiro atoms. The molecular formula is C12H18N6. The zero-order valence-electron chi connectivity index (χ0n) is 11.7. The van der Waals surface area contributed by atoms with Gasteiger partial charge < -0.3 is 0 Å². The van der Waals surface area contributed by atoms with Gasteiger partial charge in [0.25, 0.3) is 0 Å². The van der Waals surface area contributed by atoms with Crippen molar-refractivity contribution in [3.63, 3.8) is 0 Å². The summed E-state index contributed by atoms with van der Waals surface area (Å²) in [5.74, 6) is 4.75. The Bertz CT molecular complexity index is 388. The van der Waals surface area contributed by atoms with E-state index in [9.17, 15) is 0 Å². The monoisotopic (exact) mass is 246 g/mol. The van der Waals surface area contributed by atoms with E-state index in [2.05, 4.69) is 29.9 Å². The molecule has 0 bridgehead atoms. The van der Waals surface area contributed by atoms with Gasteiger partial charge in [-0.3, -0.25) is 0 Å². The summed E-state index contributed by atoms with van der Waals surface area (Å²) in [5.41, 5.74) is 0. The highest BCUT2D eigenvalue weighted by Crippen LogP contribution is 1.91. The summed E-state index contributed by atoms with van der Waals surface area (Å²) in [7, 11) is 0. The van der Waals surface area contributed by atoms with Crippen molar-refractivity contribution in [1.29, 1.82) is 0 Å². The zero-order chi connectivity index (χ0) is 13.7. The maximum Gasteiger partial charge on any atom is 0.129 e. The van der Waals surface area contributed by atoms with Crippen LogP contribution in [0.15, 0.2) is 0 Å². The molecule has 18 heavy (non-hydrogen) atoms. The van der Waals surface area contributed by atoms with Crippen molar-refractivity contribution in [2.45, 2.75) is 41.5 Å². The molecule has 2 heterocycles. The molecule has 0 aliphatic rings. The fraction of sp³-hybridized carbons (Fsp3) is 0.500. The lowest BCUT2D eigenvalue weighted by Gasteiger charge is -1.94. The number of aryl methyl sites for hydroxylation is 6. The van der Waals surface area contributed by atoms with Gasteiger partial charge in [0.1, 0.15) is 34.9 Å². The Hall–Kier alpha value is -1.98. The van der Waals surface area contributed by atoms with Crippen molar-refractivity contribution in [3.05, 3.63) is 34.9 Å². The Kier molecular flexibility index (Phi) is 4.76. The van der Waals surface area contributed by atoms with Gasteiger partial charge in [0, 0.05) is 0 Å². The molecule has 0 aromatic carbocycles. The second-order valence-corrected chi connectivity index (χ2v) is 3.95. The molecule has 6 heteroatoms. The Morgan fingerprint density at radius 3 is 0.556 bits per heavy atom. The number of rotatable bonds is 0. The molecule has 0 aliphatic carbocycles. The van der Waals surface area contributed by atoms with E-state index in [0.29, 0.717) is 0 Å². The van der Waals surface area contributed by atoms with Crippen molar-refractivity contribution in [1.82, 2.24) is 29.9 Å². The van der Waals surface area contributed by atoms with Crippen LogP contribution >= 0.6 is 0 Å². The molecule has 2 rings (SSSR count). The van der Waals surface area contributed by atoms with Gasteiger partial charge in [0.05, 0.1) is 0 Å². The number of hydrogen-bond acceptors (Lipinski definition) is 6. The van der Waals surface area contributed by atoms with Crippen molar-refractivity contribution in [3.8, 4) is 0 Å². The summed E-state index contributed by atoms with van der Waals surface area (Å²) in [5, 5.41) is 0. The van der Waals surface area contributed by atoms with Crippen LogP contribution in [0, 0.1) is 41.5 Å². The van der Waals surface area contributed by atoms with E-state index in [1.807, 2.05) is 41.5 Å². The van der Waals surface area contributed by atoms with Gasteiger partial charge in [-0.2, -0.15) is 0 Å². The highest BCUT2D eigenvalue weighted by atomic mass is 15.0. The lowest BCUT2D eigenvalue weighted by Crippen LogP contribution is -1.97. The summed E-state index contributed by atoms with van der Waals surface area (Å²) < 4.78 is 0. The van der Waals surface area contributed by atoms with Gasteiger partial charge >= 0.3 is 0 Å². The van der Waals surface area contributed by atoms with Crippen LogP contribution in [-0.4, -0.2) is 29.9 Å². The Morgan fingerprint density at radius 2 is 0.444 bits per heavy atom. The van der Waals surface area contributed by atoms with Crippen molar-refractivity contribution >= 4 is 0 Å². The summed E-state index contributed by atoms with van der Waals surface area (Å²) in [4.78, 5) is 24.1. The minimum absolute atomic E-state index is 0.792. The lowest BCUT2D eigenvalue weighted by molar-refractivity contribution is 0.874. The van der Waals surface area contributed by atoms with Gasteiger partial charge in [0.2, 0.25) is 0 Å². The predicted octanol–water partition coefficient (Wildman–Crippen LogP) is 1.59. The van der Waals surface area contributed by atoms with E-state index in [1.165, 1.54) is 0 Å². The standard InChI is InChI=1S/2C6H9N3/c2*1-4-7-5(2)9-6(3)8-4/h2*1-3H3. The summed E-state index contributed by atoms with van der Waals surface area (Å²) in [6.45, 7) is 11.2. The number of nitrogens with zero attached hydrogens (tertiary/aromatic N) is 6. The van der Waals surface area contributed by atoms with Crippen LogP contribution in [0.1, 0.15) is 34.9 Å². The smallest absolute Gasteiger partial charge is 0.129 e. The van der Waals surface area contributed by atoms with Crippen LogP contribution in [0.5, 0.6) is 0 Å². The second kappa shape index (κ2) is 6.09. The van der Waals surface area contributed by atoms with Crippen LogP contribution in [0.3, 0.4) is 0 Å². The third-order valence-corrected chi connectivity index (χ3v) is 1.94. The molecule has 0 radical (unpaired) electrons. The molecule has 0 saturated heterocycles. The molecule has 6 nitrogen and oxygen atoms in total. The second-order valence-electron chi connectivity index (χ2n) is 3.95. The molecule has 0 aliphatic heterocycles. The Balaban J connectivity index is 0.000000180. The summed E-state index contributed by atoms with van der Waals surface area (Å²) in [6.07, 6.45) is 0. The summed E-state index contributed by atoms with van der Waals surface area (Å²) in [6, 6.07) is 0. The maximum absolute atomic E-state index is 4.01. The molecule has 2 aromatic heterocycles. The highest BCUT2D eigenvalue weighted by Gasteiger charge is 1.92. The van der Waals surface area contributed by atoms with Crippen LogP contribution in [-0.2, 0) is 0 Å². The van der Waals surface area contributed by atoms with Crippen LogP contribution in [0.2, 0.25) is 0 Å². The van der Waals surface area contributed by atoms with Gasteiger partial charge in [-0.15, -0.1) is 0 Å². The first-order chi connectivity index (χ1) is 8.36. The minimum atomic E-state index is 0.792. The van der Waals surface area contributed by atoms with Gasteiger partial charge in [0.15, 0.2) is 0 Å². The zero-order valence-corrected chi connectivity index (χ0v) is 11.7. The molecule has 2 aromatic rings. The number of aromatic nitrogens is 6. The SMILES string of the molecule is Cc1nc(C)nc(C)n1.Cc1nc(C)nc(C)n1. The predicted molar refractivity (Wildman–Crippen MR) is 68.1 cm³/mol. The topological polar surface area (TPSA) is 77.3 Å². The molecule has 0 fully saturated rings. The first-order valence-electron chi connectivity index (χ1n) is 5.68. The van der Waals surface area contributed by atoms with E-state index in [1.54, 1.807) is 0 Å². The third-order valence-electron chi connectivity index (χ3n) is 1.94. The molecule has 0 atom stereocenters. The number of hydrogen-bond donors (Lipinski definition) is 0. The van der Waals surface area contributed by atoms with Crippen LogP contribution in [0.4, 0.5) is 0 Å². The molecule has 96 valence electrons. The first kappa shape index (κ1) is 14.1. The Morgan fingerprint density at radius 1 is 0.333 bits per heavy atom. The fourth-order valence-corrected chi connectivity index (χ4v) is 1.55. The summed E-state index contributed by atoms with van der Waals surface area (Å²) >= 11 is 0. The molecule has 0 amide bonds. The lowest BCUT2D eigenvalue weighted by atomic mass is 10.6. The minimum Gasteiger partial charge on any atom is -0.219 e. The van der Waals surface area contributed by atoms with Crippen molar-refractivity contribution in [2.24, 2.45) is 0 Å². The largest absolute Gasteiger partial charge is 0.219 e. The average molecular weight is 246 g/mol. The fourth-order valence-electron chi connectivity index (χ4n) is 1.55. The molecule has 0 saturated carbocycles. The first-order valence-corrected chi connectivity index (χ1v) is 5.68. The van der Waals surface area contributed by atoms with E-state index in [4.69, 9.17) is 0 Å². The maximum atomic E-state index is 4.01. The third kappa shape index (κ3) is 4.90.